The Labute approximate surface area is 173 Å². The van der Waals surface area contributed by atoms with Gasteiger partial charge in [0.2, 0.25) is 5.91 Å². The van der Waals surface area contributed by atoms with Crippen molar-refractivity contribution in [1.29, 1.82) is 0 Å². The zero-order valence-corrected chi connectivity index (χ0v) is 17.1. The van der Waals surface area contributed by atoms with Crippen LogP contribution in [0.5, 0.6) is 11.5 Å². The maximum absolute atomic E-state index is 12.1. The van der Waals surface area contributed by atoms with Gasteiger partial charge in [0.1, 0.15) is 5.69 Å². The van der Waals surface area contributed by atoms with Gasteiger partial charge in [-0.15, -0.1) is 0 Å². The van der Waals surface area contributed by atoms with Crippen molar-refractivity contribution in [3.05, 3.63) is 64.1 Å². The topological polar surface area (TPSA) is 106 Å². The number of ether oxygens (including phenoxy) is 2. The third-order valence-corrected chi connectivity index (χ3v) is 4.21. The number of aromatic amines is 1. The molecule has 0 fully saturated rings. The van der Waals surface area contributed by atoms with Crippen LogP contribution in [0.3, 0.4) is 0 Å². The number of rotatable bonds is 8. The summed E-state index contributed by atoms with van der Waals surface area (Å²) in [5.41, 5.74) is 4.59. The highest BCUT2D eigenvalue weighted by Crippen LogP contribution is 2.28. The Kier molecular flexibility index (Phi) is 6.79. The molecule has 1 amide bonds. The number of H-pyrrole nitrogens is 1. The Bertz CT molecular complexity index is 1120. The van der Waals surface area contributed by atoms with Crippen molar-refractivity contribution >= 4 is 23.2 Å². The molecular formula is C22H24N4O4. The van der Waals surface area contributed by atoms with Crippen LogP contribution in [-0.4, -0.2) is 35.3 Å². The first-order valence-electron chi connectivity index (χ1n) is 9.61. The summed E-state index contributed by atoms with van der Waals surface area (Å²) in [4.78, 5) is 31.3. The maximum atomic E-state index is 12.1. The van der Waals surface area contributed by atoms with E-state index in [0.717, 1.165) is 5.56 Å². The van der Waals surface area contributed by atoms with Crippen molar-refractivity contribution in [3.63, 3.8) is 0 Å². The van der Waals surface area contributed by atoms with Gasteiger partial charge in [-0.3, -0.25) is 9.59 Å². The summed E-state index contributed by atoms with van der Waals surface area (Å²) in [5.74, 6) is 0.912. The molecule has 0 unspecified atom stereocenters. The number of hydrogen-bond donors (Lipinski definition) is 2. The highest BCUT2D eigenvalue weighted by molar-refractivity contribution is 5.83. The number of amides is 1. The molecule has 8 heteroatoms. The number of para-hydroxylation sites is 2. The van der Waals surface area contributed by atoms with Crippen molar-refractivity contribution < 1.29 is 14.3 Å². The van der Waals surface area contributed by atoms with Crippen LogP contribution in [-0.2, 0) is 11.2 Å². The number of methoxy groups -OCH3 is 1. The van der Waals surface area contributed by atoms with E-state index < -0.39 is 0 Å². The van der Waals surface area contributed by atoms with Crippen LogP contribution in [0, 0.1) is 0 Å². The van der Waals surface area contributed by atoms with Crippen molar-refractivity contribution in [1.82, 2.24) is 15.4 Å². The van der Waals surface area contributed by atoms with E-state index in [1.54, 1.807) is 25.3 Å². The first kappa shape index (κ1) is 21.0. The molecule has 30 heavy (non-hydrogen) atoms. The lowest BCUT2D eigenvalue weighted by Gasteiger charge is -2.13. The molecule has 0 radical (unpaired) electrons. The molecule has 1 heterocycles. The molecule has 0 spiro atoms. The summed E-state index contributed by atoms with van der Waals surface area (Å²) >= 11 is 0. The number of carbonyl (C=O) groups is 1. The van der Waals surface area contributed by atoms with E-state index in [-0.39, 0.29) is 30.4 Å². The van der Waals surface area contributed by atoms with E-state index >= 15 is 0 Å². The molecule has 0 aliphatic heterocycles. The van der Waals surface area contributed by atoms with Gasteiger partial charge in [0.25, 0.3) is 5.56 Å². The lowest BCUT2D eigenvalue weighted by molar-refractivity contribution is -0.121. The number of aromatic nitrogens is 2. The molecule has 2 N–H and O–H groups in total. The third kappa shape index (κ3) is 5.44. The molecule has 0 aliphatic rings. The smallest absolute Gasteiger partial charge is 0.270 e. The number of benzene rings is 2. The Hall–Kier alpha value is -3.68. The summed E-state index contributed by atoms with van der Waals surface area (Å²) in [6.07, 6.45) is 1.86. The second kappa shape index (κ2) is 9.69. The minimum absolute atomic E-state index is 0.0297. The van der Waals surface area contributed by atoms with E-state index in [9.17, 15) is 9.59 Å². The summed E-state index contributed by atoms with van der Waals surface area (Å²) in [5, 5.41) is 3.96. The molecule has 0 saturated carbocycles. The summed E-state index contributed by atoms with van der Waals surface area (Å²) in [7, 11) is 1.56. The van der Waals surface area contributed by atoms with Crippen LogP contribution in [0.25, 0.3) is 11.0 Å². The van der Waals surface area contributed by atoms with Crippen LogP contribution in [0.15, 0.2) is 52.4 Å². The molecule has 0 aliphatic carbocycles. The predicted octanol–water partition coefficient (Wildman–Crippen LogP) is 2.80. The van der Waals surface area contributed by atoms with Gasteiger partial charge in [-0.2, -0.15) is 5.10 Å². The highest BCUT2D eigenvalue weighted by Gasteiger charge is 2.09. The monoisotopic (exact) mass is 408 g/mol. The lowest BCUT2D eigenvalue weighted by Crippen LogP contribution is -2.21. The minimum Gasteiger partial charge on any atom is -0.493 e. The van der Waals surface area contributed by atoms with Crippen LogP contribution in [0.4, 0.5) is 0 Å². The Morgan fingerprint density at radius 2 is 2.03 bits per heavy atom. The van der Waals surface area contributed by atoms with Crippen LogP contribution in [0.2, 0.25) is 0 Å². The van der Waals surface area contributed by atoms with E-state index in [0.29, 0.717) is 28.2 Å². The van der Waals surface area contributed by atoms with Gasteiger partial charge in [-0.05, 0) is 49.7 Å². The lowest BCUT2D eigenvalue weighted by atomic mass is 10.2. The molecule has 0 atom stereocenters. The third-order valence-electron chi connectivity index (χ3n) is 4.21. The van der Waals surface area contributed by atoms with Crippen LogP contribution in [0.1, 0.15) is 31.5 Å². The molecule has 1 aromatic heterocycles. The minimum atomic E-state index is -0.313. The predicted molar refractivity (Wildman–Crippen MR) is 115 cm³/mol. The Morgan fingerprint density at radius 3 is 2.80 bits per heavy atom. The van der Waals surface area contributed by atoms with Gasteiger partial charge >= 0.3 is 0 Å². The van der Waals surface area contributed by atoms with Crippen LogP contribution >= 0.6 is 0 Å². The fourth-order valence-electron chi connectivity index (χ4n) is 2.82. The standard InChI is InChI=1S/C22H24N4O4/c1-14(2)30-19-10-8-15(12-20(19)29-3)13-23-26-21(27)11-9-18-22(28)25-17-7-5-4-6-16(17)24-18/h4-8,10,12-14H,9,11H2,1-3H3,(H,25,28)(H,26,27). The van der Waals surface area contributed by atoms with Crippen molar-refractivity contribution in [2.45, 2.75) is 32.8 Å². The SMILES string of the molecule is COc1cc(C=NNC(=O)CCc2nc3ccccc3[nH]c2=O)ccc1OC(C)C. The first-order chi connectivity index (χ1) is 14.5. The normalized spacial score (nSPS) is 11.2. The number of carbonyl (C=O) groups excluding carboxylic acids is 1. The molecule has 0 bridgehead atoms. The van der Waals surface area contributed by atoms with E-state index in [4.69, 9.17) is 9.47 Å². The van der Waals surface area contributed by atoms with Crippen molar-refractivity contribution in [3.8, 4) is 11.5 Å². The van der Waals surface area contributed by atoms with Gasteiger partial charge in [-0.1, -0.05) is 12.1 Å². The van der Waals surface area contributed by atoms with Gasteiger partial charge in [-0.25, -0.2) is 10.4 Å². The largest absolute Gasteiger partial charge is 0.493 e. The number of nitrogens with zero attached hydrogens (tertiary/aromatic N) is 2. The van der Waals surface area contributed by atoms with E-state index in [2.05, 4.69) is 20.5 Å². The quantitative estimate of drug-likeness (QED) is 0.440. The van der Waals surface area contributed by atoms with Gasteiger partial charge in [0.05, 0.1) is 30.5 Å². The number of fused-ring (bicyclic) bond motifs is 1. The molecular weight excluding hydrogens is 384 g/mol. The van der Waals surface area contributed by atoms with Crippen molar-refractivity contribution in [2.24, 2.45) is 5.10 Å². The maximum Gasteiger partial charge on any atom is 0.270 e. The molecule has 8 nitrogen and oxygen atoms in total. The molecule has 3 aromatic rings. The number of aryl methyl sites for hydroxylation is 1. The first-order valence-corrected chi connectivity index (χ1v) is 9.61. The Balaban J connectivity index is 1.57. The zero-order chi connectivity index (χ0) is 21.5. The second-order valence-corrected chi connectivity index (χ2v) is 6.90. The second-order valence-electron chi connectivity index (χ2n) is 6.90. The number of nitrogens with one attached hydrogen (secondary N) is 2. The van der Waals surface area contributed by atoms with Gasteiger partial charge in [0, 0.05) is 12.8 Å². The summed E-state index contributed by atoms with van der Waals surface area (Å²) < 4.78 is 11.0. The van der Waals surface area contributed by atoms with Gasteiger partial charge in [0.15, 0.2) is 11.5 Å². The average Bonchev–Trinajstić information content (AvgIpc) is 2.72. The highest BCUT2D eigenvalue weighted by atomic mass is 16.5. The summed E-state index contributed by atoms with van der Waals surface area (Å²) in [6.45, 7) is 3.87. The fourth-order valence-corrected chi connectivity index (χ4v) is 2.82. The van der Waals surface area contributed by atoms with E-state index in [1.165, 1.54) is 6.21 Å². The molecule has 3 rings (SSSR count). The average molecular weight is 408 g/mol. The molecule has 156 valence electrons. The van der Waals surface area contributed by atoms with Crippen LogP contribution < -0.4 is 20.5 Å². The zero-order valence-electron chi connectivity index (χ0n) is 17.1. The molecule has 0 saturated heterocycles. The number of hydrazone groups is 1. The van der Waals surface area contributed by atoms with Gasteiger partial charge < -0.3 is 14.5 Å². The number of hydrogen-bond acceptors (Lipinski definition) is 6. The molecule has 2 aromatic carbocycles. The van der Waals surface area contributed by atoms with Crippen molar-refractivity contribution in [2.75, 3.05) is 7.11 Å². The fraction of sp³-hybridized carbons (Fsp3) is 0.273. The summed E-state index contributed by atoms with van der Waals surface area (Å²) in [6, 6.07) is 12.6. The van der Waals surface area contributed by atoms with E-state index in [1.807, 2.05) is 38.1 Å². The Morgan fingerprint density at radius 1 is 1.23 bits per heavy atom.